The molecule has 1 aromatic carbocycles. The van der Waals surface area contributed by atoms with Gasteiger partial charge >= 0.3 is 0 Å². The average molecular weight is 214 g/mol. The lowest BCUT2D eigenvalue weighted by Crippen LogP contribution is -1.93. The van der Waals surface area contributed by atoms with Crippen LogP contribution in [-0.4, -0.2) is 0 Å². The molecule has 2 aromatic rings. The minimum Gasteiger partial charge on any atom is -0.468 e. The van der Waals surface area contributed by atoms with Gasteiger partial charge in [-0.15, -0.1) is 0 Å². The van der Waals surface area contributed by atoms with Crippen molar-refractivity contribution < 1.29 is 4.42 Å². The first kappa shape index (κ1) is 11.0. The van der Waals surface area contributed by atoms with Gasteiger partial charge < -0.3 is 4.42 Å². The van der Waals surface area contributed by atoms with Crippen LogP contribution in [0.15, 0.2) is 47.1 Å². The van der Waals surface area contributed by atoms with Crippen molar-refractivity contribution in [2.24, 2.45) is 0 Å². The summed E-state index contributed by atoms with van der Waals surface area (Å²) < 4.78 is 5.63. The van der Waals surface area contributed by atoms with Crippen molar-refractivity contribution in [2.75, 3.05) is 0 Å². The second kappa shape index (κ2) is 5.02. The summed E-state index contributed by atoms with van der Waals surface area (Å²) in [5, 5.41) is 0. The van der Waals surface area contributed by atoms with Gasteiger partial charge in [0.2, 0.25) is 0 Å². The Kier molecular flexibility index (Phi) is 3.45. The highest BCUT2D eigenvalue weighted by atomic mass is 16.3. The van der Waals surface area contributed by atoms with Crippen molar-refractivity contribution in [1.82, 2.24) is 0 Å². The van der Waals surface area contributed by atoms with E-state index in [0.29, 0.717) is 5.92 Å². The minimum atomic E-state index is 0.340. The fourth-order valence-corrected chi connectivity index (χ4v) is 1.95. The maximum atomic E-state index is 5.63. The SMILES string of the molecule is CCCc1coc(C(C)c2ccccc2)c1. The molecule has 0 aliphatic carbocycles. The first-order chi connectivity index (χ1) is 7.81. The van der Waals surface area contributed by atoms with Gasteiger partial charge in [-0.3, -0.25) is 0 Å². The Morgan fingerprint density at radius 1 is 1.19 bits per heavy atom. The molecule has 1 atom stereocenters. The molecular weight excluding hydrogens is 196 g/mol. The minimum absolute atomic E-state index is 0.340. The van der Waals surface area contributed by atoms with E-state index in [9.17, 15) is 0 Å². The molecule has 1 heterocycles. The molecule has 0 fully saturated rings. The predicted octanol–water partition coefficient (Wildman–Crippen LogP) is 4.38. The lowest BCUT2D eigenvalue weighted by Gasteiger charge is -2.07. The van der Waals surface area contributed by atoms with E-state index in [1.54, 1.807) is 0 Å². The molecule has 0 aliphatic rings. The number of rotatable bonds is 4. The molecule has 1 aromatic heterocycles. The third-order valence-electron chi connectivity index (χ3n) is 2.94. The summed E-state index contributed by atoms with van der Waals surface area (Å²) in [6.07, 6.45) is 4.15. The van der Waals surface area contributed by atoms with E-state index in [4.69, 9.17) is 4.42 Å². The third kappa shape index (κ3) is 2.35. The largest absolute Gasteiger partial charge is 0.468 e. The number of aryl methyl sites for hydroxylation is 1. The van der Waals surface area contributed by atoms with E-state index in [1.807, 2.05) is 12.3 Å². The number of furan rings is 1. The van der Waals surface area contributed by atoms with Gasteiger partial charge in [0.1, 0.15) is 5.76 Å². The van der Waals surface area contributed by atoms with E-state index in [2.05, 4.69) is 44.2 Å². The Morgan fingerprint density at radius 3 is 2.62 bits per heavy atom. The van der Waals surface area contributed by atoms with Gasteiger partial charge in [0.05, 0.1) is 6.26 Å². The quantitative estimate of drug-likeness (QED) is 0.736. The zero-order valence-corrected chi connectivity index (χ0v) is 9.94. The van der Waals surface area contributed by atoms with Crippen LogP contribution in [0, 0.1) is 0 Å². The molecule has 0 bridgehead atoms. The van der Waals surface area contributed by atoms with Gasteiger partial charge in [-0.25, -0.2) is 0 Å². The van der Waals surface area contributed by atoms with Gasteiger partial charge in [0.25, 0.3) is 0 Å². The number of hydrogen-bond acceptors (Lipinski definition) is 1. The molecule has 16 heavy (non-hydrogen) atoms. The summed E-state index contributed by atoms with van der Waals surface area (Å²) in [5.41, 5.74) is 2.61. The smallest absolute Gasteiger partial charge is 0.111 e. The van der Waals surface area contributed by atoms with Gasteiger partial charge in [-0.05, 0) is 23.6 Å². The van der Waals surface area contributed by atoms with Crippen molar-refractivity contribution in [2.45, 2.75) is 32.6 Å². The zero-order valence-electron chi connectivity index (χ0n) is 9.94. The molecule has 0 saturated heterocycles. The summed E-state index contributed by atoms with van der Waals surface area (Å²) in [4.78, 5) is 0. The Morgan fingerprint density at radius 2 is 1.94 bits per heavy atom. The third-order valence-corrected chi connectivity index (χ3v) is 2.94. The summed E-state index contributed by atoms with van der Waals surface area (Å²) in [5.74, 6) is 1.40. The van der Waals surface area contributed by atoms with Crippen LogP contribution in [0.5, 0.6) is 0 Å². The summed E-state index contributed by atoms with van der Waals surface area (Å²) in [6.45, 7) is 4.37. The molecule has 1 nitrogen and oxygen atoms in total. The predicted molar refractivity (Wildman–Crippen MR) is 66.7 cm³/mol. The van der Waals surface area contributed by atoms with Crippen LogP contribution in [0.25, 0.3) is 0 Å². The van der Waals surface area contributed by atoms with Crippen LogP contribution in [-0.2, 0) is 6.42 Å². The van der Waals surface area contributed by atoms with Crippen molar-refractivity contribution in [1.29, 1.82) is 0 Å². The van der Waals surface area contributed by atoms with Crippen LogP contribution in [0.4, 0.5) is 0 Å². The van der Waals surface area contributed by atoms with Crippen molar-refractivity contribution >= 4 is 0 Å². The molecule has 0 amide bonds. The van der Waals surface area contributed by atoms with E-state index < -0.39 is 0 Å². The molecule has 0 radical (unpaired) electrons. The molecule has 0 N–H and O–H groups in total. The summed E-state index contributed by atoms with van der Waals surface area (Å²) in [7, 11) is 0. The topological polar surface area (TPSA) is 13.1 Å². The first-order valence-electron chi connectivity index (χ1n) is 5.93. The Labute approximate surface area is 97.1 Å². The van der Waals surface area contributed by atoms with Crippen molar-refractivity contribution in [3.63, 3.8) is 0 Å². The standard InChI is InChI=1S/C15H18O/c1-3-7-13-10-15(16-11-13)12(2)14-8-5-4-6-9-14/h4-6,8-12H,3,7H2,1-2H3. The molecule has 0 saturated carbocycles. The Hall–Kier alpha value is -1.50. The molecule has 84 valence electrons. The van der Waals surface area contributed by atoms with Crippen LogP contribution < -0.4 is 0 Å². The Balaban J connectivity index is 2.17. The van der Waals surface area contributed by atoms with Crippen LogP contribution >= 0.6 is 0 Å². The number of benzene rings is 1. The van der Waals surface area contributed by atoms with Crippen molar-refractivity contribution in [3.05, 3.63) is 59.5 Å². The summed E-state index contributed by atoms with van der Waals surface area (Å²) >= 11 is 0. The van der Waals surface area contributed by atoms with Gasteiger partial charge in [-0.2, -0.15) is 0 Å². The maximum absolute atomic E-state index is 5.63. The maximum Gasteiger partial charge on any atom is 0.111 e. The van der Waals surface area contributed by atoms with Gasteiger partial charge in [0, 0.05) is 5.92 Å². The first-order valence-corrected chi connectivity index (χ1v) is 5.93. The van der Waals surface area contributed by atoms with E-state index in [-0.39, 0.29) is 0 Å². The molecule has 1 unspecified atom stereocenters. The van der Waals surface area contributed by atoms with Crippen molar-refractivity contribution in [3.8, 4) is 0 Å². The average Bonchev–Trinajstić information content (AvgIpc) is 2.78. The lowest BCUT2D eigenvalue weighted by atomic mass is 9.98. The monoisotopic (exact) mass is 214 g/mol. The fourth-order valence-electron chi connectivity index (χ4n) is 1.95. The zero-order chi connectivity index (χ0) is 11.4. The molecule has 0 aliphatic heterocycles. The molecule has 1 heteroatoms. The van der Waals surface area contributed by atoms with E-state index in [1.165, 1.54) is 17.5 Å². The van der Waals surface area contributed by atoms with Crippen LogP contribution in [0.1, 0.15) is 43.1 Å². The Bertz CT molecular complexity index is 428. The van der Waals surface area contributed by atoms with Crippen LogP contribution in [0.3, 0.4) is 0 Å². The highest BCUT2D eigenvalue weighted by Crippen LogP contribution is 2.25. The second-order valence-corrected chi connectivity index (χ2v) is 4.24. The summed E-state index contributed by atoms with van der Waals surface area (Å²) in [6, 6.07) is 12.7. The fraction of sp³-hybridized carbons (Fsp3) is 0.333. The van der Waals surface area contributed by atoms with Gasteiger partial charge in [0.15, 0.2) is 0 Å². The van der Waals surface area contributed by atoms with Gasteiger partial charge in [-0.1, -0.05) is 50.6 Å². The van der Waals surface area contributed by atoms with E-state index in [0.717, 1.165) is 12.2 Å². The van der Waals surface area contributed by atoms with Crippen LogP contribution in [0.2, 0.25) is 0 Å². The highest BCUT2D eigenvalue weighted by Gasteiger charge is 2.11. The lowest BCUT2D eigenvalue weighted by molar-refractivity contribution is 0.494. The number of hydrogen-bond donors (Lipinski definition) is 0. The second-order valence-electron chi connectivity index (χ2n) is 4.24. The molecule has 0 spiro atoms. The van der Waals surface area contributed by atoms with E-state index >= 15 is 0 Å². The normalized spacial score (nSPS) is 12.6. The molecular formula is C15H18O. The highest BCUT2D eigenvalue weighted by molar-refractivity contribution is 5.28. The molecule has 2 rings (SSSR count).